The van der Waals surface area contributed by atoms with Crippen LogP contribution in [-0.2, 0) is 13.6 Å². The van der Waals surface area contributed by atoms with E-state index in [1.165, 1.54) is 5.56 Å². The average molecular weight is 342 g/mol. The van der Waals surface area contributed by atoms with Crippen molar-refractivity contribution in [3.8, 4) is 5.88 Å². The Morgan fingerprint density at radius 1 is 1.36 bits per heavy atom. The molecule has 6 nitrogen and oxygen atoms in total. The third-order valence-corrected chi connectivity index (χ3v) is 4.68. The van der Waals surface area contributed by atoms with Gasteiger partial charge in [0.05, 0.1) is 12.8 Å². The van der Waals surface area contributed by atoms with E-state index in [2.05, 4.69) is 39.6 Å². The number of rotatable bonds is 5. The predicted octanol–water partition coefficient (Wildman–Crippen LogP) is 2.13. The van der Waals surface area contributed by atoms with Crippen LogP contribution in [0, 0.1) is 6.92 Å². The molecule has 1 fully saturated rings. The fourth-order valence-corrected chi connectivity index (χ4v) is 3.55. The first-order chi connectivity index (χ1) is 12.1. The van der Waals surface area contributed by atoms with Crippen LogP contribution in [-0.4, -0.2) is 46.8 Å². The molecule has 0 radical (unpaired) electrons. The Balaban J connectivity index is 1.64. The molecule has 1 aliphatic rings. The van der Waals surface area contributed by atoms with Gasteiger partial charge >= 0.3 is 0 Å². The number of likely N-dealkylation sites (tertiary alicyclic amines) is 1. The van der Waals surface area contributed by atoms with E-state index in [-0.39, 0.29) is 11.9 Å². The molecule has 0 bridgehead atoms. The molecule has 2 heterocycles. The second-order valence-electron chi connectivity index (χ2n) is 6.63. The van der Waals surface area contributed by atoms with Crippen LogP contribution in [0.5, 0.6) is 5.88 Å². The number of carbonyl (C=O) groups is 1. The van der Waals surface area contributed by atoms with Crippen molar-refractivity contribution in [1.29, 1.82) is 0 Å². The van der Waals surface area contributed by atoms with Crippen LogP contribution in [0.4, 0.5) is 0 Å². The topological polar surface area (TPSA) is 59.4 Å². The van der Waals surface area contributed by atoms with E-state index in [1.807, 2.05) is 13.0 Å². The summed E-state index contributed by atoms with van der Waals surface area (Å²) >= 11 is 0. The van der Waals surface area contributed by atoms with Crippen molar-refractivity contribution in [2.24, 2.45) is 7.05 Å². The molecular weight excluding hydrogens is 316 g/mol. The van der Waals surface area contributed by atoms with E-state index in [9.17, 15) is 4.79 Å². The van der Waals surface area contributed by atoms with Crippen molar-refractivity contribution in [1.82, 2.24) is 20.0 Å². The number of hydrogen-bond acceptors (Lipinski definition) is 4. The van der Waals surface area contributed by atoms with Gasteiger partial charge in [-0.2, -0.15) is 5.10 Å². The summed E-state index contributed by atoms with van der Waals surface area (Å²) in [5, 5.41) is 7.45. The number of aromatic nitrogens is 2. The molecule has 2 aromatic rings. The number of amides is 1. The maximum absolute atomic E-state index is 12.7. The molecule has 1 aliphatic heterocycles. The minimum atomic E-state index is -0.103. The first-order valence-electron chi connectivity index (χ1n) is 8.73. The van der Waals surface area contributed by atoms with Crippen molar-refractivity contribution >= 4 is 5.91 Å². The highest BCUT2D eigenvalue weighted by Crippen LogP contribution is 2.21. The van der Waals surface area contributed by atoms with E-state index in [1.54, 1.807) is 18.8 Å². The van der Waals surface area contributed by atoms with Crippen molar-refractivity contribution in [3.05, 3.63) is 47.2 Å². The molecule has 3 rings (SSSR count). The van der Waals surface area contributed by atoms with Crippen molar-refractivity contribution in [2.75, 3.05) is 20.2 Å². The molecule has 1 aromatic heterocycles. The molecule has 0 aliphatic carbocycles. The Hall–Kier alpha value is -2.34. The van der Waals surface area contributed by atoms with Gasteiger partial charge in [0.2, 0.25) is 5.88 Å². The van der Waals surface area contributed by atoms with E-state index < -0.39 is 0 Å². The number of methoxy groups -OCH3 is 1. The van der Waals surface area contributed by atoms with E-state index in [0.717, 1.165) is 32.5 Å². The molecule has 1 unspecified atom stereocenters. The van der Waals surface area contributed by atoms with Gasteiger partial charge < -0.3 is 10.1 Å². The van der Waals surface area contributed by atoms with Gasteiger partial charge in [-0.1, -0.05) is 30.3 Å². The number of piperidine rings is 1. The van der Waals surface area contributed by atoms with Gasteiger partial charge in [-0.15, -0.1) is 0 Å². The highest BCUT2D eigenvalue weighted by molar-refractivity contribution is 5.97. The standard InChI is InChI=1S/C19H26N4O2/c1-14-17(19(25-3)22(2)21-14)18(24)20-16-10-7-11-23(13-16)12-15-8-5-4-6-9-15/h4-6,8-9,16H,7,10-13H2,1-3H3,(H,20,24). The number of nitrogens with one attached hydrogen (secondary N) is 1. The van der Waals surface area contributed by atoms with Crippen LogP contribution in [0.25, 0.3) is 0 Å². The third-order valence-electron chi connectivity index (χ3n) is 4.68. The third kappa shape index (κ3) is 4.02. The van der Waals surface area contributed by atoms with Crippen molar-refractivity contribution < 1.29 is 9.53 Å². The molecule has 1 atom stereocenters. The number of ether oxygens (including phenoxy) is 1. The smallest absolute Gasteiger partial charge is 0.258 e. The van der Waals surface area contributed by atoms with E-state index in [0.29, 0.717) is 17.1 Å². The van der Waals surface area contributed by atoms with Crippen LogP contribution in [0.3, 0.4) is 0 Å². The maximum atomic E-state index is 12.7. The lowest BCUT2D eigenvalue weighted by Gasteiger charge is -2.33. The number of nitrogens with zero attached hydrogens (tertiary/aromatic N) is 3. The monoisotopic (exact) mass is 342 g/mol. The summed E-state index contributed by atoms with van der Waals surface area (Å²) in [5.41, 5.74) is 2.53. The summed E-state index contributed by atoms with van der Waals surface area (Å²) in [6, 6.07) is 10.6. The SMILES string of the molecule is COc1c(C(=O)NC2CCCN(Cc3ccccc3)C2)c(C)nn1C. The molecular formula is C19H26N4O2. The first-order valence-corrected chi connectivity index (χ1v) is 8.73. The number of carbonyl (C=O) groups excluding carboxylic acids is 1. The molecule has 1 aromatic carbocycles. The highest BCUT2D eigenvalue weighted by Gasteiger charge is 2.26. The van der Waals surface area contributed by atoms with Crippen LogP contribution in [0.1, 0.15) is 34.5 Å². The Morgan fingerprint density at radius 2 is 2.12 bits per heavy atom. The lowest BCUT2D eigenvalue weighted by Crippen LogP contribution is -2.47. The molecule has 1 amide bonds. The number of aryl methyl sites for hydroxylation is 2. The highest BCUT2D eigenvalue weighted by atomic mass is 16.5. The molecule has 1 saturated heterocycles. The summed E-state index contributed by atoms with van der Waals surface area (Å²) in [6.07, 6.45) is 2.08. The van der Waals surface area contributed by atoms with Crippen molar-refractivity contribution in [3.63, 3.8) is 0 Å². The lowest BCUT2D eigenvalue weighted by molar-refractivity contribution is 0.0897. The largest absolute Gasteiger partial charge is 0.481 e. The minimum absolute atomic E-state index is 0.103. The molecule has 6 heteroatoms. The Morgan fingerprint density at radius 3 is 2.84 bits per heavy atom. The summed E-state index contributed by atoms with van der Waals surface area (Å²) in [5.74, 6) is 0.404. The van der Waals surface area contributed by atoms with Crippen LogP contribution < -0.4 is 10.1 Å². The van der Waals surface area contributed by atoms with Gasteiger partial charge in [-0.05, 0) is 31.9 Å². The molecule has 134 valence electrons. The van der Waals surface area contributed by atoms with Gasteiger partial charge in [0, 0.05) is 26.2 Å². The zero-order chi connectivity index (χ0) is 17.8. The molecule has 1 N–H and O–H groups in total. The quantitative estimate of drug-likeness (QED) is 0.904. The van der Waals surface area contributed by atoms with Crippen LogP contribution in [0.2, 0.25) is 0 Å². The maximum Gasteiger partial charge on any atom is 0.258 e. The summed E-state index contributed by atoms with van der Waals surface area (Å²) in [4.78, 5) is 15.1. The average Bonchev–Trinajstić information content (AvgIpc) is 2.89. The van der Waals surface area contributed by atoms with Gasteiger partial charge in [0.25, 0.3) is 5.91 Å². The summed E-state index contributed by atoms with van der Waals surface area (Å²) in [6.45, 7) is 4.68. The van der Waals surface area contributed by atoms with Gasteiger partial charge in [-0.25, -0.2) is 4.68 Å². The Bertz CT molecular complexity index is 727. The summed E-state index contributed by atoms with van der Waals surface area (Å²) in [7, 11) is 3.35. The predicted molar refractivity (Wildman–Crippen MR) is 96.7 cm³/mol. The number of hydrogen-bond donors (Lipinski definition) is 1. The van der Waals surface area contributed by atoms with Gasteiger partial charge in [0.1, 0.15) is 5.56 Å². The van der Waals surface area contributed by atoms with E-state index >= 15 is 0 Å². The normalized spacial score (nSPS) is 18.1. The fourth-order valence-electron chi connectivity index (χ4n) is 3.55. The fraction of sp³-hybridized carbons (Fsp3) is 0.474. The first kappa shape index (κ1) is 17.5. The van der Waals surface area contributed by atoms with E-state index in [4.69, 9.17) is 4.74 Å². The zero-order valence-corrected chi connectivity index (χ0v) is 15.2. The molecule has 0 spiro atoms. The Kier molecular flexibility index (Phi) is 5.38. The second kappa shape index (κ2) is 7.70. The van der Waals surface area contributed by atoms with Crippen LogP contribution >= 0.6 is 0 Å². The van der Waals surface area contributed by atoms with Gasteiger partial charge in [-0.3, -0.25) is 9.69 Å². The van der Waals surface area contributed by atoms with Gasteiger partial charge in [0.15, 0.2) is 0 Å². The summed E-state index contributed by atoms with van der Waals surface area (Å²) < 4.78 is 6.94. The molecule has 25 heavy (non-hydrogen) atoms. The second-order valence-corrected chi connectivity index (χ2v) is 6.63. The lowest BCUT2D eigenvalue weighted by atomic mass is 10.0. The zero-order valence-electron chi connectivity index (χ0n) is 15.2. The van der Waals surface area contributed by atoms with Crippen molar-refractivity contribution in [2.45, 2.75) is 32.4 Å². The Labute approximate surface area is 148 Å². The minimum Gasteiger partial charge on any atom is -0.481 e. The van der Waals surface area contributed by atoms with Crippen LogP contribution in [0.15, 0.2) is 30.3 Å². The number of benzene rings is 1. The molecule has 0 saturated carbocycles.